The van der Waals surface area contributed by atoms with E-state index < -0.39 is 5.91 Å². The molecule has 0 saturated carbocycles. The highest BCUT2D eigenvalue weighted by molar-refractivity contribution is 9.10. The van der Waals surface area contributed by atoms with Gasteiger partial charge >= 0.3 is 0 Å². The van der Waals surface area contributed by atoms with Crippen molar-refractivity contribution in [2.45, 2.75) is 13.5 Å². The monoisotopic (exact) mass is 510 g/mol. The van der Waals surface area contributed by atoms with E-state index >= 15 is 0 Å². The zero-order valence-electron chi connectivity index (χ0n) is 17.3. The maximum Gasteiger partial charge on any atom is 0.266 e. The van der Waals surface area contributed by atoms with Crippen molar-refractivity contribution in [1.29, 1.82) is 5.26 Å². The van der Waals surface area contributed by atoms with Gasteiger partial charge in [0.25, 0.3) is 5.91 Å². The van der Waals surface area contributed by atoms with Gasteiger partial charge in [0.15, 0.2) is 11.5 Å². The molecule has 1 N–H and O–H groups in total. The molecule has 0 spiro atoms. The first-order valence-corrected chi connectivity index (χ1v) is 11.0. The molecule has 0 bridgehead atoms. The molecule has 3 rings (SSSR count). The lowest BCUT2D eigenvalue weighted by Gasteiger charge is -2.14. The van der Waals surface area contributed by atoms with Crippen LogP contribution in [-0.2, 0) is 11.4 Å². The van der Waals surface area contributed by atoms with Gasteiger partial charge < -0.3 is 14.8 Å². The van der Waals surface area contributed by atoms with Gasteiger partial charge in [-0.05, 0) is 54.5 Å². The molecule has 3 aromatic rings. The minimum atomic E-state index is -0.538. The molecule has 32 heavy (non-hydrogen) atoms. The van der Waals surface area contributed by atoms with E-state index in [1.54, 1.807) is 36.4 Å². The highest BCUT2D eigenvalue weighted by atomic mass is 79.9. The van der Waals surface area contributed by atoms with E-state index in [1.165, 1.54) is 6.08 Å². The lowest BCUT2D eigenvalue weighted by atomic mass is 10.1. The zero-order valence-corrected chi connectivity index (χ0v) is 19.6. The minimum absolute atomic E-state index is 0.0638. The van der Waals surface area contributed by atoms with Crippen molar-refractivity contribution in [2.24, 2.45) is 0 Å². The fourth-order valence-corrected chi connectivity index (χ4v) is 3.47. The summed E-state index contributed by atoms with van der Waals surface area (Å²) in [4.78, 5) is 12.6. The Morgan fingerprint density at radius 1 is 1.09 bits per heavy atom. The Bertz CT molecular complexity index is 1170. The molecule has 7 heteroatoms. The average molecular weight is 512 g/mol. The maximum absolute atomic E-state index is 12.6. The van der Waals surface area contributed by atoms with E-state index in [0.717, 1.165) is 5.56 Å². The van der Waals surface area contributed by atoms with Gasteiger partial charge in [-0.25, -0.2) is 0 Å². The summed E-state index contributed by atoms with van der Waals surface area (Å²) in [5, 5.41) is 12.7. The third kappa shape index (κ3) is 6.36. The van der Waals surface area contributed by atoms with E-state index in [2.05, 4.69) is 21.2 Å². The highest BCUT2D eigenvalue weighted by Crippen LogP contribution is 2.35. The van der Waals surface area contributed by atoms with Gasteiger partial charge in [-0.3, -0.25) is 4.79 Å². The molecule has 0 fully saturated rings. The van der Waals surface area contributed by atoms with Gasteiger partial charge in [-0.15, -0.1) is 0 Å². The molecule has 0 radical (unpaired) electrons. The van der Waals surface area contributed by atoms with Crippen LogP contribution in [0.15, 0.2) is 76.8 Å². The molecule has 162 valence electrons. The van der Waals surface area contributed by atoms with E-state index in [0.29, 0.717) is 45.5 Å². The van der Waals surface area contributed by atoms with Crippen molar-refractivity contribution in [1.82, 2.24) is 0 Å². The number of nitrogens with zero attached hydrogens (tertiary/aromatic N) is 1. The van der Waals surface area contributed by atoms with Crippen LogP contribution in [0.2, 0.25) is 5.02 Å². The van der Waals surface area contributed by atoms with Crippen molar-refractivity contribution in [2.75, 3.05) is 11.9 Å². The fraction of sp³-hybridized carbons (Fsp3) is 0.120. The van der Waals surface area contributed by atoms with Crippen LogP contribution in [0.25, 0.3) is 6.08 Å². The minimum Gasteiger partial charge on any atom is -0.490 e. The molecule has 3 aromatic carbocycles. The van der Waals surface area contributed by atoms with Crippen LogP contribution in [0.3, 0.4) is 0 Å². The Kier molecular flexibility index (Phi) is 8.32. The smallest absolute Gasteiger partial charge is 0.266 e. The van der Waals surface area contributed by atoms with Crippen LogP contribution in [0.5, 0.6) is 11.5 Å². The summed E-state index contributed by atoms with van der Waals surface area (Å²) in [6.07, 6.45) is 1.49. The van der Waals surface area contributed by atoms with E-state index in [1.807, 2.05) is 43.3 Å². The van der Waals surface area contributed by atoms with Crippen LogP contribution < -0.4 is 14.8 Å². The van der Waals surface area contributed by atoms with Crippen molar-refractivity contribution in [3.05, 3.63) is 92.9 Å². The van der Waals surface area contributed by atoms with Crippen molar-refractivity contribution >= 4 is 45.2 Å². The van der Waals surface area contributed by atoms with Gasteiger partial charge in [0.05, 0.1) is 6.61 Å². The number of amides is 1. The van der Waals surface area contributed by atoms with Crippen molar-refractivity contribution in [3.63, 3.8) is 0 Å². The Morgan fingerprint density at radius 3 is 2.53 bits per heavy atom. The first-order valence-electron chi connectivity index (χ1n) is 9.82. The van der Waals surface area contributed by atoms with Crippen molar-refractivity contribution < 1.29 is 14.3 Å². The number of hydrogen-bond donors (Lipinski definition) is 1. The van der Waals surface area contributed by atoms with Crippen LogP contribution in [-0.4, -0.2) is 12.5 Å². The Morgan fingerprint density at radius 2 is 1.84 bits per heavy atom. The molecule has 0 saturated heterocycles. The van der Waals surface area contributed by atoms with Gasteiger partial charge in [0.1, 0.15) is 18.2 Å². The molecule has 5 nitrogen and oxygen atoms in total. The quantitative estimate of drug-likeness (QED) is 0.272. The summed E-state index contributed by atoms with van der Waals surface area (Å²) >= 11 is 9.46. The Labute approximate surface area is 200 Å². The second-order valence-electron chi connectivity index (χ2n) is 6.66. The molecular formula is C25H20BrClN2O3. The topological polar surface area (TPSA) is 71.3 Å². The van der Waals surface area contributed by atoms with Gasteiger partial charge in [0, 0.05) is 15.2 Å². The van der Waals surface area contributed by atoms with Crippen LogP contribution >= 0.6 is 27.5 Å². The molecule has 0 heterocycles. The number of halogens is 2. The van der Waals surface area contributed by atoms with Crippen LogP contribution in [0, 0.1) is 11.3 Å². The molecular weight excluding hydrogens is 492 g/mol. The summed E-state index contributed by atoms with van der Waals surface area (Å²) in [6, 6.07) is 22.0. The number of nitriles is 1. The molecule has 0 aliphatic heterocycles. The summed E-state index contributed by atoms with van der Waals surface area (Å²) in [7, 11) is 0. The highest BCUT2D eigenvalue weighted by Gasteiger charge is 2.14. The van der Waals surface area contributed by atoms with Crippen molar-refractivity contribution in [3.8, 4) is 17.6 Å². The largest absolute Gasteiger partial charge is 0.490 e. The number of anilines is 1. The van der Waals surface area contributed by atoms with Gasteiger partial charge in [-0.1, -0.05) is 63.9 Å². The number of rotatable bonds is 8. The summed E-state index contributed by atoms with van der Waals surface area (Å²) in [5.74, 6) is 0.538. The number of carbonyl (C=O) groups excluding carboxylic acids is 1. The molecule has 0 aliphatic rings. The second kappa shape index (κ2) is 11.4. The fourth-order valence-electron chi connectivity index (χ4n) is 2.85. The van der Waals surface area contributed by atoms with E-state index in [4.69, 9.17) is 21.1 Å². The molecule has 0 atom stereocenters. The summed E-state index contributed by atoms with van der Waals surface area (Å²) in [6.45, 7) is 2.69. The Hall–Kier alpha value is -3.27. The number of nitrogens with one attached hydrogen (secondary N) is 1. The number of hydrogen-bond acceptors (Lipinski definition) is 4. The third-order valence-corrected chi connectivity index (χ3v) is 5.27. The maximum atomic E-state index is 12.6. The molecule has 0 unspecified atom stereocenters. The SMILES string of the molecule is CCOc1cc(/C=C(\C#N)C(=O)Nc2cccc(Cl)c2)c(Br)cc1OCc1ccccc1. The molecule has 1 amide bonds. The van der Waals surface area contributed by atoms with Gasteiger partial charge in [0.2, 0.25) is 0 Å². The lowest BCUT2D eigenvalue weighted by Crippen LogP contribution is -2.13. The molecule has 0 aliphatic carbocycles. The van der Waals surface area contributed by atoms with Crippen LogP contribution in [0.1, 0.15) is 18.1 Å². The normalized spacial score (nSPS) is 10.9. The first kappa shape index (κ1) is 23.4. The third-order valence-electron chi connectivity index (χ3n) is 4.35. The Balaban J connectivity index is 1.85. The summed E-state index contributed by atoms with van der Waals surface area (Å²) < 4.78 is 12.3. The average Bonchev–Trinajstić information content (AvgIpc) is 2.79. The standard InChI is InChI=1S/C25H20BrClN2O3/c1-2-31-23-12-18(22(26)14-24(23)32-16-17-7-4-3-5-8-17)11-19(15-28)25(30)29-21-10-6-9-20(27)13-21/h3-14H,2,16H2,1H3,(H,29,30)/b19-11+. The predicted octanol–water partition coefficient (Wildman–Crippen LogP) is 6.63. The van der Waals surface area contributed by atoms with Gasteiger partial charge in [-0.2, -0.15) is 5.26 Å². The number of carbonyl (C=O) groups is 1. The predicted molar refractivity (Wildman–Crippen MR) is 130 cm³/mol. The molecule has 0 aromatic heterocycles. The number of ether oxygens (including phenoxy) is 2. The first-order chi connectivity index (χ1) is 15.5. The number of benzene rings is 3. The van der Waals surface area contributed by atoms with Crippen LogP contribution in [0.4, 0.5) is 5.69 Å². The lowest BCUT2D eigenvalue weighted by molar-refractivity contribution is -0.112. The second-order valence-corrected chi connectivity index (χ2v) is 7.95. The van der Waals surface area contributed by atoms with E-state index in [-0.39, 0.29) is 5.57 Å². The summed E-state index contributed by atoms with van der Waals surface area (Å²) in [5.41, 5.74) is 2.08. The zero-order chi connectivity index (χ0) is 22.9. The van der Waals surface area contributed by atoms with E-state index in [9.17, 15) is 10.1 Å².